The number of aryl methyl sites for hydroxylation is 1. The fourth-order valence-electron chi connectivity index (χ4n) is 1.96. The molecule has 1 amide bonds. The van der Waals surface area contributed by atoms with Crippen LogP contribution in [0.2, 0.25) is 0 Å². The maximum absolute atomic E-state index is 12.3. The van der Waals surface area contributed by atoms with Crippen molar-refractivity contribution < 1.29 is 9.53 Å². The molecular weight excluding hydrogens is 254 g/mol. The van der Waals surface area contributed by atoms with E-state index in [1.54, 1.807) is 36.1 Å². The molecule has 20 heavy (non-hydrogen) atoms. The van der Waals surface area contributed by atoms with Crippen molar-refractivity contribution >= 4 is 11.7 Å². The fraction of sp³-hybridized carbons (Fsp3) is 0.333. The van der Waals surface area contributed by atoms with E-state index < -0.39 is 0 Å². The zero-order valence-corrected chi connectivity index (χ0v) is 12.2. The van der Waals surface area contributed by atoms with E-state index in [2.05, 4.69) is 10.4 Å². The Bertz CT molecular complexity index is 617. The van der Waals surface area contributed by atoms with Crippen LogP contribution in [-0.2, 0) is 0 Å². The summed E-state index contributed by atoms with van der Waals surface area (Å²) in [6.07, 6.45) is 0. The van der Waals surface area contributed by atoms with E-state index in [4.69, 9.17) is 4.74 Å². The number of rotatable bonds is 4. The number of nitrogens with one attached hydrogen (secondary N) is 1. The van der Waals surface area contributed by atoms with E-state index in [1.165, 1.54) is 0 Å². The molecule has 5 heteroatoms. The van der Waals surface area contributed by atoms with Crippen molar-refractivity contribution in [3.63, 3.8) is 0 Å². The lowest BCUT2D eigenvalue weighted by Crippen LogP contribution is -2.16. The Morgan fingerprint density at radius 2 is 2.10 bits per heavy atom. The highest BCUT2D eigenvalue weighted by molar-refractivity contribution is 6.04. The Balaban J connectivity index is 2.23. The van der Waals surface area contributed by atoms with Crippen LogP contribution in [0.1, 0.15) is 35.9 Å². The van der Waals surface area contributed by atoms with Crippen molar-refractivity contribution in [3.05, 3.63) is 41.6 Å². The van der Waals surface area contributed by atoms with Crippen molar-refractivity contribution in [2.45, 2.75) is 26.8 Å². The highest BCUT2D eigenvalue weighted by Gasteiger charge is 2.13. The minimum atomic E-state index is -0.175. The number of methoxy groups -OCH3 is 1. The number of anilines is 1. The zero-order chi connectivity index (χ0) is 14.7. The first kappa shape index (κ1) is 14.1. The summed E-state index contributed by atoms with van der Waals surface area (Å²) in [5, 5.41) is 7.25. The SMILES string of the molecule is COc1cccc(C(=O)Nc2cc(C)nn2C(C)C)c1. The van der Waals surface area contributed by atoms with Gasteiger partial charge in [0.25, 0.3) is 5.91 Å². The second-order valence-corrected chi connectivity index (χ2v) is 4.90. The van der Waals surface area contributed by atoms with Crippen LogP contribution in [-0.4, -0.2) is 22.8 Å². The van der Waals surface area contributed by atoms with Crippen LogP contribution in [0.25, 0.3) is 0 Å². The van der Waals surface area contributed by atoms with Crippen molar-refractivity contribution in [1.29, 1.82) is 0 Å². The highest BCUT2D eigenvalue weighted by atomic mass is 16.5. The lowest BCUT2D eigenvalue weighted by Gasteiger charge is -2.12. The first-order valence-electron chi connectivity index (χ1n) is 6.53. The van der Waals surface area contributed by atoms with Gasteiger partial charge in [0.2, 0.25) is 0 Å². The van der Waals surface area contributed by atoms with Gasteiger partial charge in [-0.25, -0.2) is 4.68 Å². The van der Waals surface area contributed by atoms with Gasteiger partial charge in [0.05, 0.1) is 12.8 Å². The quantitative estimate of drug-likeness (QED) is 0.931. The predicted octanol–water partition coefficient (Wildman–Crippen LogP) is 3.03. The van der Waals surface area contributed by atoms with Crippen LogP contribution in [0, 0.1) is 6.92 Å². The minimum absolute atomic E-state index is 0.175. The van der Waals surface area contributed by atoms with Crippen LogP contribution in [0.3, 0.4) is 0 Å². The third kappa shape index (κ3) is 2.99. The molecule has 2 aromatic rings. The second-order valence-electron chi connectivity index (χ2n) is 4.90. The van der Waals surface area contributed by atoms with Crippen LogP contribution in [0.4, 0.5) is 5.82 Å². The molecule has 0 bridgehead atoms. The molecule has 106 valence electrons. The van der Waals surface area contributed by atoms with Gasteiger partial charge >= 0.3 is 0 Å². The fourth-order valence-corrected chi connectivity index (χ4v) is 1.96. The Hall–Kier alpha value is -2.30. The largest absolute Gasteiger partial charge is 0.497 e. The van der Waals surface area contributed by atoms with Crippen LogP contribution in [0.15, 0.2) is 30.3 Å². The molecule has 0 saturated carbocycles. The molecule has 0 aliphatic rings. The van der Waals surface area contributed by atoms with Crippen molar-refractivity contribution in [1.82, 2.24) is 9.78 Å². The van der Waals surface area contributed by atoms with E-state index >= 15 is 0 Å². The zero-order valence-electron chi connectivity index (χ0n) is 12.2. The summed E-state index contributed by atoms with van der Waals surface area (Å²) in [6.45, 7) is 5.95. The molecule has 0 fully saturated rings. The third-order valence-electron chi connectivity index (χ3n) is 2.92. The number of hydrogen-bond donors (Lipinski definition) is 1. The molecule has 1 aromatic heterocycles. The Labute approximate surface area is 118 Å². The monoisotopic (exact) mass is 273 g/mol. The molecule has 0 aliphatic carbocycles. The standard InChI is InChI=1S/C15H19N3O2/c1-10(2)18-14(8-11(3)17-18)16-15(19)12-6-5-7-13(9-12)20-4/h5-10H,1-4H3,(H,16,19). The first-order valence-corrected chi connectivity index (χ1v) is 6.53. The number of hydrogen-bond acceptors (Lipinski definition) is 3. The minimum Gasteiger partial charge on any atom is -0.497 e. The van der Waals surface area contributed by atoms with Crippen molar-refractivity contribution in [2.24, 2.45) is 0 Å². The van der Waals surface area contributed by atoms with Gasteiger partial charge in [0.15, 0.2) is 0 Å². The van der Waals surface area contributed by atoms with Gasteiger partial charge in [-0.3, -0.25) is 4.79 Å². The van der Waals surface area contributed by atoms with Crippen molar-refractivity contribution in [2.75, 3.05) is 12.4 Å². The Kier molecular flexibility index (Phi) is 4.08. The molecule has 0 saturated heterocycles. The number of amides is 1. The number of benzene rings is 1. The Morgan fingerprint density at radius 1 is 1.35 bits per heavy atom. The van der Waals surface area contributed by atoms with E-state index in [9.17, 15) is 4.79 Å². The van der Waals surface area contributed by atoms with Crippen LogP contribution < -0.4 is 10.1 Å². The van der Waals surface area contributed by atoms with Crippen LogP contribution >= 0.6 is 0 Å². The van der Waals surface area contributed by atoms with Gasteiger partial charge in [-0.1, -0.05) is 6.07 Å². The van der Waals surface area contributed by atoms with Gasteiger partial charge < -0.3 is 10.1 Å². The van der Waals surface area contributed by atoms with E-state index in [0.29, 0.717) is 17.1 Å². The van der Waals surface area contributed by atoms with Crippen LogP contribution in [0.5, 0.6) is 5.75 Å². The summed E-state index contributed by atoms with van der Waals surface area (Å²) in [7, 11) is 1.58. The van der Waals surface area contributed by atoms with E-state index in [-0.39, 0.29) is 11.9 Å². The van der Waals surface area contributed by atoms with E-state index in [0.717, 1.165) is 5.69 Å². The molecule has 0 radical (unpaired) electrons. The molecule has 1 N–H and O–H groups in total. The molecule has 0 spiro atoms. The molecular formula is C15H19N3O2. The average molecular weight is 273 g/mol. The van der Waals surface area contributed by atoms with Gasteiger partial charge in [0.1, 0.15) is 11.6 Å². The topological polar surface area (TPSA) is 56.1 Å². The second kappa shape index (κ2) is 5.77. The maximum atomic E-state index is 12.3. The molecule has 1 aromatic carbocycles. The summed E-state index contributed by atoms with van der Waals surface area (Å²) in [6, 6.07) is 9.10. The summed E-state index contributed by atoms with van der Waals surface area (Å²) in [4.78, 5) is 12.3. The number of carbonyl (C=O) groups is 1. The smallest absolute Gasteiger partial charge is 0.256 e. The molecule has 1 heterocycles. The van der Waals surface area contributed by atoms with Gasteiger partial charge in [0, 0.05) is 17.7 Å². The number of aromatic nitrogens is 2. The lowest BCUT2D eigenvalue weighted by atomic mass is 10.2. The molecule has 5 nitrogen and oxygen atoms in total. The summed E-state index contributed by atoms with van der Waals surface area (Å²) in [5.41, 5.74) is 1.43. The Morgan fingerprint density at radius 3 is 2.75 bits per heavy atom. The summed E-state index contributed by atoms with van der Waals surface area (Å²) < 4.78 is 6.92. The number of carbonyl (C=O) groups excluding carboxylic acids is 1. The molecule has 2 rings (SSSR count). The molecule has 0 aliphatic heterocycles. The van der Waals surface area contributed by atoms with Crippen molar-refractivity contribution in [3.8, 4) is 5.75 Å². The number of nitrogens with zero attached hydrogens (tertiary/aromatic N) is 2. The first-order chi connectivity index (χ1) is 9.51. The maximum Gasteiger partial charge on any atom is 0.256 e. The molecule has 0 unspecified atom stereocenters. The van der Waals surface area contributed by atoms with Gasteiger partial charge in [-0.2, -0.15) is 5.10 Å². The average Bonchev–Trinajstić information content (AvgIpc) is 2.80. The summed E-state index contributed by atoms with van der Waals surface area (Å²) >= 11 is 0. The molecule has 0 atom stereocenters. The lowest BCUT2D eigenvalue weighted by molar-refractivity contribution is 0.102. The highest BCUT2D eigenvalue weighted by Crippen LogP contribution is 2.18. The number of ether oxygens (including phenoxy) is 1. The third-order valence-corrected chi connectivity index (χ3v) is 2.92. The van der Waals surface area contributed by atoms with E-state index in [1.807, 2.05) is 26.8 Å². The summed E-state index contributed by atoms with van der Waals surface area (Å²) in [5.74, 6) is 1.18. The van der Waals surface area contributed by atoms with Gasteiger partial charge in [-0.15, -0.1) is 0 Å². The normalized spacial score (nSPS) is 10.7. The van der Waals surface area contributed by atoms with Gasteiger partial charge in [-0.05, 0) is 39.0 Å². The predicted molar refractivity (Wildman–Crippen MR) is 78.3 cm³/mol.